The number of rotatable bonds is 5. The van der Waals surface area contributed by atoms with Gasteiger partial charge in [0, 0.05) is 11.6 Å². The summed E-state index contributed by atoms with van der Waals surface area (Å²) in [7, 11) is 0. The molecule has 0 spiro atoms. The maximum Gasteiger partial charge on any atom is 0.294 e. The molecule has 0 aromatic carbocycles. The summed E-state index contributed by atoms with van der Waals surface area (Å²) in [5, 5.41) is 8.95. The van der Waals surface area contributed by atoms with E-state index in [4.69, 9.17) is 18.4 Å². The van der Waals surface area contributed by atoms with E-state index in [0.29, 0.717) is 0 Å². The van der Waals surface area contributed by atoms with Crippen molar-refractivity contribution in [2.75, 3.05) is 13.3 Å². The summed E-state index contributed by atoms with van der Waals surface area (Å²) >= 11 is 0. The predicted octanol–water partition coefficient (Wildman–Crippen LogP) is 2.62. The van der Waals surface area contributed by atoms with Crippen LogP contribution in [0.1, 0.15) is 20.8 Å². The number of nitrogens with zero attached hydrogens (tertiary/aromatic N) is 4. The Bertz CT molecular complexity index is 488. The van der Waals surface area contributed by atoms with Gasteiger partial charge in [0.2, 0.25) is 0 Å². The quantitative estimate of drug-likeness (QED) is 0.329. The first-order chi connectivity index (χ1) is 8.86. The van der Waals surface area contributed by atoms with Gasteiger partial charge in [-0.1, -0.05) is 20.8 Å². The molecule has 0 aliphatic heterocycles. The molecule has 0 fully saturated rings. The number of Topliss-reactive ketones (excluding diaryl/α,β-unsaturated/α-hetero) is 1. The number of ketones is 1. The highest BCUT2D eigenvalue weighted by Gasteiger charge is 2.24. The maximum atomic E-state index is 11.9. The molecule has 98 valence electrons. The standard InChI is InChI=1S/C14H16N4O/c1-14(2,3)13(19)12(9-15)7-6-8-18(10-16-4)11-17-5/h6-8H,10-11H2,1-3H3/b8-6+,12-7+. The van der Waals surface area contributed by atoms with Crippen LogP contribution in [-0.2, 0) is 4.79 Å². The topological polar surface area (TPSA) is 52.8 Å². The lowest BCUT2D eigenvalue weighted by Crippen LogP contribution is -2.21. The number of carbonyl (C=O) groups excluding carboxylic acids is 1. The largest absolute Gasteiger partial charge is 0.294 e. The molecule has 0 aliphatic carbocycles. The molecule has 0 aromatic heterocycles. The van der Waals surface area contributed by atoms with Gasteiger partial charge >= 0.3 is 0 Å². The number of carbonyl (C=O) groups is 1. The minimum atomic E-state index is -0.609. The van der Waals surface area contributed by atoms with E-state index in [0.717, 1.165) is 0 Å². The van der Waals surface area contributed by atoms with Crippen molar-refractivity contribution >= 4 is 5.78 Å². The lowest BCUT2D eigenvalue weighted by molar-refractivity contribution is -0.122. The Labute approximate surface area is 114 Å². The van der Waals surface area contributed by atoms with Gasteiger partial charge in [-0.15, -0.1) is 0 Å². The lowest BCUT2D eigenvalue weighted by Gasteiger charge is -2.15. The van der Waals surface area contributed by atoms with Crippen LogP contribution in [0.15, 0.2) is 23.9 Å². The molecule has 0 aromatic rings. The van der Waals surface area contributed by atoms with E-state index in [9.17, 15) is 4.79 Å². The zero-order valence-electron chi connectivity index (χ0n) is 11.3. The molecular weight excluding hydrogens is 240 g/mol. The molecule has 0 radical (unpaired) electrons. The van der Waals surface area contributed by atoms with Gasteiger partial charge in [-0.25, -0.2) is 18.0 Å². The molecule has 0 heterocycles. The van der Waals surface area contributed by atoms with Crippen molar-refractivity contribution in [3.63, 3.8) is 0 Å². The molecule has 0 saturated heterocycles. The molecule has 0 amide bonds. The summed E-state index contributed by atoms with van der Waals surface area (Å²) in [6.07, 6.45) is 4.45. The van der Waals surface area contributed by atoms with Crippen LogP contribution in [0.2, 0.25) is 0 Å². The second-order valence-electron chi connectivity index (χ2n) is 4.80. The van der Waals surface area contributed by atoms with Crippen LogP contribution >= 0.6 is 0 Å². The SMILES string of the molecule is [C-]#[N+]CN(/C=C/C=C(\C#N)C(=O)C(C)(C)C)C[N+]#[C-]. The molecule has 0 atom stereocenters. The molecule has 0 saturated carbocycles. The molecule has 5 nitrogen and oxygen atoms in total. The van der Waals surface area contributed by atoms with Crippen LogP contribution in [-0.4, -0.2) is 24.0 Å². The minimum Gasteiger partial charge on any atom is -0.293 e. The zero-order valence-corrected chi connectivity index (χ0v) is 11.3. The number of hydrogen-bond acceptors (Lipinski definition) is 3. The molecule has 0 aliphatic rings. The van der Waals surface area contributed by atoms with Crippen molar-refractivity contribution in [3.8, 4) is 6.07 Å². The molecule has 19 heavy (non-hydrogen) atoms. The van der Waals surface area contributed by atoms with Crippen LogP contribution in [0, 0.1) is 29.9 Å². The molecule has 0 bridgehead atoms. The third-order valence-corrected chi connectivity index (χ3v) is 2.11. The summed E-state index contributed by atoms with van der Waals surface area (Å²) < 4.78 is 0. The highest BCUT2D eigenvalue weighted by atomic mass is 16.1. The second-order valence-corrected chi connectivity index (χ2v) is 4.80. The summed E-state index contributed by atoms with van der Waals surface area (Å²) in [4.78, 5) is 19.7. The normalized spacial score (nSPS) is 11.5. The Morgan fingerprint density at radius 3 is 2.21 bits per heavy atom. The Hall–Kier alpha value is -2.58. The fraction of sp³-hybridized carbons (Fsp3) is 0.429. The monoisotopic (exact) mass is 256 g/mol. The fourth-order valence-corrected chi connectivity index (χ4v) is 1.15. The van der Waals surface area contributed by atoms with Gasteiger partial charge in [-0.05, 0) is 12.2 Å². The van der Waals surface area contributed by atoms with Crippen LogP contribution in [0.3, 0.4) is 0 Å². The van der Waals surface area contributed by atoms with Gasteiger partial charge in [0.05, 0.1) is 5.57 Å². The lowest BCUT2D eigenvalue weighted by atomic mass is 9.86. The van der Waals surface area contributed by atoms with Crippen molar-refractivity contribution in [1.29, 1.82) is 5.26 Å². The number of hydrogen-bond donors (Lipinski definition) is 0. The average molecular weight is 256 g/mol. The molecule has 0 N–H and O–H groups in total. The second kappa shape index (κ2) is 7.69. The summed E-state index contributed by atoms with van der Waals surface area (Å²) in [5.41, 5.74) is -0.545. The van der Waals surface area contributed by atoms with Crippen LogP contribution in [0.5, 0.6) is 0 Å². The van der Waals surface area contributed by atoms with Crippen molar-refractivity contribution in [2.24, 2.45) is 5.41 Å². The molecular formula is C14H16N4O. The van der Waals surface area contributed by atoms with Gasteiger partial charge in [0.15, 0.2) is 5.78 Å². The van der Waals surface area contributed by atoms with E-state index in [1.807, 2.05) is 6.07 Å². The highest BCUT2D eigenvalue weighted by Crippen LogP contribution is 2.19. The van der Waals surface area contributed by atoms with E-state index >= 15 is 0 Å². The van der Waals surface area contributed by atoms with E-state index in [2.05, 4.69) is 9.69 Å². The predicted molar refractivity (Wildman–Crippen MR) is 72.1 cm³/mol. The molecule has 5 heteroatoms. The first-order valence-corrected chi connectivity index (χ1v) is 5.60. The third-order valence-electron chi connectivity index (χ3n) is 2.11. The van der Waals surface area contributed by atoms with Gasteiger partial charge in [0.1, 0.15) is 6.07 Å². The summed E-state index contributed by atoms with van der Waals surface area (Å²) in [6.45, 7) is 18.9. The van der Waals surface area contributed by atoms with Crippen LogP contribution in [0.25, 0.3) is 9.69 Å². The maximum absolute atomic E-state index is 11.9. The Balaban J connectivity index is 4.94. The van der Waals surface area contributed by atoms with Gasteiger partial charge in [-0.3, -0.25) is 14.5 Å². The average Bonchev–Trinajstić information content (AvgIpc) is 2.33. The Morgan fingerprint density at radius 2 is 1.84 bits per heavy atom. The van der Waals surface area contributed by atoms with Crippen molar-refractivity contribution in [3.05, 3.63) is 46.8 Å². The van der Waals surface area contributed by atoms with Gasteiger partial charge < -0.3 is 0 Å². The summed E-state index contributed by atoms with van der Waals surface area (Å²) in [6, 6.07) is 1.87. The smallest absolute Gasteiger partial charge is 0.293 e. The van der Waals surface area contributed by atoms with Crippen LogP contribution in [0.4, 0.5) is 0 Å². The van der Waals surface area contributed by atoms with Gasteiger partial charge in [0.25, 0.3) is 13.3 Å². The number of allylic oxidation sites excluding steroid dienone is 3. The number of nitriles is 1. The van der Waals surface area contributed by atoms with E-state index in [1.165, 1.54) is 23.3 Å². The van der Waals surface area contributed by atoms with Crippen molar-refractivity contribution in [1.82, 2.24) is 4.90 Å². The minimum absolute atomic E-state index is 0.0642. The molecule has 0 unspecified atom stereocenters. The van der Waals surface area contributed by atoms with Crippen molar-refractivity contribution in [2.45, 2.75) is 20.8 Å². The first kappa shape index (κ1) is 16.4. The summed E-state index contributed by atoms with van der Waals surface area (Å²) in [5.74, 6) is -0.235. The van der Waals surface area contributed by atoms with Crippen molar-refractivity contribution < 1.29 is 4.79 Å². The van der Waals surface area contributed by atoms with Crippen LogP contribution < -0.4 is 0 Å². The van der Waals surface area contributed by atoms with E-state index in [-0.39, 0.29) is 24.7 Å². The first-order valence-electron chi connectivity index (χ1n) is 5.60. The molecule has 0 rings (SSSR count). The van der Waals surface area contributed by atoms with Gasteiger partial charge in [-0.2, -0.15) is 5.26 Å². The fourth-order valence-electron chi connectivity index (χ4n) is 1.15. The zero-order chi connectivity index (χ0) is 14.9. The van der Waals surface area contributed by atoms with E-state index in [1.54, 1.807) is 20.8 Å². The Morgan fingerprint density at radius 1 is 1.32 bits per heavy atom. The third kappa shape index (κ3) is 6.05. The van der Waals surface area contributed by atoms with E-state index < -0.39 is 5.41 Å². The Kier molecular flexibility index (Phi) is 6.65. The highest BCUT2D eigenvalue weighted by molar-refractivity contribution is 6.02.